The minimum absolute atomic E-state index is 0.0640. The summed E-state index contributed by atoms with van der Waals surface area (Å²) in [5.41, 5.74) is 10.3. The molecule has 4 N–H and O–H groups in total. The van der Waals surface area contributed by atoms with Gasteiger partial charge in [0.05, 0.1) is 31.3 Å². The van der Waals surface area contributed by atoms with Crippen molar-refractivity contribution >= 4 is 5.91 Å². The van der Waals surface area contributed by atoms with E-state index in [1.807, 2.05) is 12.1 Å². The third kappa shape index (κ3) is 4.75. The minimum Gasteiger partial charge on any atom is -0.368 e. The Bertz CT molecular complexity index is 235. The Morgan fingerprint density at radius 3 is 2.15 bits per heavy atom. The summed E-state index contributed by atoms with van der Waals surface area (Å²) in [6, 6.07) is 2.90. The Balaban J connectivity index is 4.04. The molecule has 1 unspecified atom stereocenters. The minimum atomic E-state index is -0.832. The van der Waals surface area contributed by atoms with Crippen molar-refractivity contribution in [2.75, 3.05) is 19.6 Å². The fraction of sp³-hybridized carbons (Fsp3) is 0.571. The molecule has 6 heteroatoms. The van der Waals surface area contributed by atoms with Gasteiger partial charge in [-0.25, -0.2) is 0 Å². The van der Waals surface area contributed by atoms with E-state index in [0.717, 1.165) is 0 Å². The largest absolute Gasteiger partial charge is 0.368 e. The number of nitriles is 2. The summed E-state index contributed by atoms with van der Waals surface area (Å²) >= 11 is 0. The molecule has 0 spiro atoms. The number of hydrogen-bond acceptors (Lipinski definition) is 5. The topological polar surface area (TPSA) is 120 Å². The van der Waals surface area contributed by atoms with Gasteiger partial charge in [-0.3, -0.25) is 9.69 Å². The van der Waals surface area contributed by atoms with Crippen molar-refractivity contribution in [2.45, 2.75) is 6.04 Å². The molecule has 0 bridgehead atoms. The van der Waals surface area contributed by atoms with Crippen LogP contribution in [0.1, 0.15) is 0 Å². The van der Waals surface area contributed by atoms with Crippen molar-refractivity contribution in [3.05, 3.63) is 0 Å². The number of carbonyl (C=O) groups excluding carboxylic acids is 1. The van der Waals surface area contributed by atoms with Crippen molar-refractivity contribution in [1.29, 1.82) is 10.5 Å². The highest BCUT2D eigenvalue weighted by molar-refractivity contribution is 5.79. The molecule has 1 atom stereocenters. The molecule has 0 saturated carbocycles. The SMILES string of the molecule is N#CCN(CC#N)CC(N)C(N)=O. The Morgan fingerprint density at radius 2 is 1.85 bits per heavy atom. The smallest absolute Gasteiger partial charge is 0.235 e. The van der Waals surface area contributed by atoms with E-state index < -0.39 is 11.9 Å². The average Bonchev–Trinajstić information content (AvgIpc) is 2.05. The molecule has 0 heterocycles. The Hall–Kier alpha value is -1.63. The van der Waals surface area contributed by atoms with Crippen molar-refractivity contribution in [2.24, 2.45) is 11.5 Å². The summed E-state index contributed by atoms with van der Waals surface area (Å²) in [5, 5.41) is 16.7. The van der Waals surface area contributed by atoms with Gasteiger partial charge in [0.25, 0.3) is 0 Å². The standard InChI is InChI=1S/C7H11N5O/c8-1-3-12(4-2-9)5-6(10)7(11)13/h6H,3-5,10H2,(H2,11,13). The normalized spacial score (nSPS) is 11.7. The fourth-order valence-corrected chi connectivity index (χ4v) is 0.753. The van der Waals surface area contributed by atoms with Crippen molar-refractivity contribution in [3.63, 3.8) is 0 Å². The van der Waals surface area contributed by atoms with E-state index in [1.165, 1.54) is 4.90 Å². The van der Waals surface area contributed by atoms with Gasteiger partial charge >= 0.3 is 0 Å². The molecule has 0 aliphatic heterocycles. The number of nitrogens with two attached hydrogens (primary N) is 2. The zero-order valence-electron chi connectivity index (χ0n) is 7.10. The third-order valence-corrected chi connectivity index (χ3v) is 1.41. The van der Waals surface area contributed by atoms with Crippen molar-refractivity contribution < 1.29 is 4.79 Å². The number of nitrogens with zero attached hydrogens (tertiary/aromatic N) is 3. The van der Waals surface area contributed by atoms with Gasteiger partial charge in [-0.05, 0) is 0 Å². The van der Waals surface area contributed by atoms with Crippen LogP contribution in [0.4, 0.5) is 0 Å². The first kappa shape index (κ1) is 11.4. The third-order valence-electron chi connectivity index (χ3n) is 1.41. The summed E-state index contributed by atoms with van der Waals surface area (Å²) < 4.78 is 0. The van der Waals surface area contributed by atoms with Crippen LogP contribution in [-0.2, 0) is 4.79 Å². The highest BCUT2D eigenvalue weighted by atomic mass is 16.1. The second kappa shape index (κ2) is 5.95. The summed E-state index contributed by atoms with van der Waals surface area (Å²) in [6.45, 7) is 0.263. The Kier molecular flexibility index (Phi) is 5.20. The fourth-order valence-electron chi connectivity index (χ4n) is 0.753. The van der Waals surface area contributed by atoms with Crippen LogP contribution in [0, 0.1) is 22.7 Å². The molecule has 13 heavy (non-hydrogen) atoms. The molecule has 0 fully saturated rings. The molecule has 70 valence electrons. The molecule has 1 amide bonds. The number of carbonyl (C=O) groups is 1. The van der Waals surface area contributed by atoms with Gasteiger partial charge in [-0.15, -0.1) is 0 Å². The van der Waals surface area contributed by atoms with Gasteiger partial charge in [0.2, 0.25) is 5.91 Å². The molecule has 6 nitrogen and oxygen atoms in total. The molecule has 0 aromatic rings. The summed E-state index contributed by atoms with van der Waals surface area (Å²) in [6.07, 6.45) is 0. The van der Waals surface area contributed by atoms with Gasteiger partial charge in [0, 0.05) is 6.54 Å². The number of rotatable bonds is 5. The quantitative estimate of drug-likeness (QED) is 0.482. The Morgan fingerprint density at radius 1 is 1.38 bits per heavy atom. The van der Waals surface area contributed by atoms with Crippen LogP contribution in [0.15, 0.2) is 0 Å². The van der Waals surface area contributed by atoms with E-state index in [4.69, 9.17) is 22.0 Å². The monoisotopic (exact) mass is 181 g/mol. The predicted molar refractivity (Wildman–Crippen MR) is 44.8 cm³/mol. The average molecular weight is 181 g/mol. The maximum absolute atomic E-state index is 10.5. The molecular formula is C7H11N5O. The maximum Gasteiger partial charge on any atom is 0.235 e. The van der Waals surface area contributed by atoms with Crippen LogP contribution in [0.3, 0.4) is 0 Å². The molecular weight excluding hydrogens is 170 g/mol. The maximum atomic E-state index is 10.5. The molecule has 0 saturated heterocycles. The van der Waals surface area contributed by atoms with Gasteiger partial charge < -0.3 is 11.5 Å². The zero-order valence-corrected chi connectivity index (χ0v) is 7.10. The van der Waals surface area contributed by atoms with Crippen LogP contribution in [-0.4, -0.2) is 36.5 Å². The van der Waals surface area contributed by atoms with E-state index in [0.29, 0.717) is 0 Å². The van der Waals surface area contributed by atoms with Crippen molar-refractivity contribution in [3.8, 4) is 12.1 Å². The van der Waals surface area contributed by atoms with Crippen LogP contribution in [0.5, 0.6) is 0 Å². The molecule has 0 aromatic heterocycles. The van der Waals surface area contributed by atoms with Gasteiger partial charge in [0.15, 0.2) is 0 Å². The lowest BCUT2D eigenvalue weighted by Crippen LogP contribution is -2.46. The highest BCUT2D eigenvalue weighted by Crippen LogP contribution is 1.88. The van der Waals surface area contributed by atoms with Gasteiger partial charge in [-0.2, -0.15) is 10.5 Å². The van der Waals surface area contributed by atoms with Crippen molar-refractivity contribution in [1.82, 2.24) is 4.90 Å². The lowest BCUT2D eigenvalue weighted by atomic mass is 10.3. The molecule has 0 radical (unpaired) electrons. The zero-order chi connectivity index (χ0) is 10.3. The van der Waals surface area contributed by atoms with Crippen LogP contribution in [0.2, 0.25) is 0 Å². The van der Waals surface area contributed by atoms with E-state index in [1.54, 1.807) is 0 Å². The Labute approximate surface area is 76.3 Å². The lowest BCUT2D eigenvalue weighted by Gasteiger charge is -2.17. The van der Waals surface area contributed by atoms with E-state index in [2.05, 4.69) is 0 Å². The summed E-state index contributed by atoms with van der Waals surface area (Å²) in [7, 11) is 0. The van der Waals surface area contributed by atoms with Crippen LogP contribution >= 0.6 is 0 Å². The van der Waals surface area contributed by atoms with Crippen LogP contribution in [0.25, 0.3) is 0 Å². The van der Waals surface area contributed by atoms with Gasteiger partial charge in [0.1, 0.15) is 0 Å². The van der Waals surface area contributed by atoms with E-state index >= 15 is 0 Å². The number of primary amides is 1. The second-order valence-corrected chi connectivity index (χ2v) is 2.49. The van der Waals surface area contributed by atoms with Crippen LogP contribution < -0.4 is 11.5 Å². The second-order valence-electron chi connectivity index (χ2n) is 2.49. The molecule has 0 rings (SSSR count). The van der Waals surface area contributed by atoms with Gasteiger partial charge in [-0.1, -0.05) is 0 Å². The predicted octanol–water partition coefficient (Wildman–Crippen LogP) is -1.85. The summed E-state index contributed by atoms with van der Waals surface area (Å²) in [4.78, 5) is 12.0. The van der Waals surface area contributed by atoms with E-state index in [-0.39, 0.29) is 19.6 Å². The molecule has 0 aliphatic carbocycles. The van der Waals surface area contributed by atoms with E-state index in [9.17, 15) is 4.79 Å². The first-order valence-corrected chi connectivity index (χ1v) is 3.63. The number of hydrogen-bond donors (Lipinski definition) is 2. The number of amides is 1. The lowest BCUT2D eigenvalue weighted by molar-refractivity contribution is -0.119. The first-order valence-electron chi connectivity index (χ1n) is 3.63. The first-order chi connectivity index (χ1) is 6.11. The highest BCUT2D eigenvalue weighted by Gasteiger charge is 2.13. The summed E-state index contributed by atoms with van der Waals surface area (Å²) in [5.74, 6) is -0.638. The molecule has 0 aromatic carbocycles. The molecule has 0 aliphatic rings.